The van der Waals surface area contributed by atoms with Crippen molar-refractivity contribution in [3.05, 3.63) is 74.5 Å². The topological polar surface area (TPSA) is 60.3 Å². The summed E-state index contributed by atoms with van der Waals surface area (Å²) in [5, 5.41) is 4.24. The molecule has 0 radical (unpaired) electrons. The molecule has 34 heavy (non-hydrogen) atoms. The third kappa shape index (κ3) is 3.67. The molecule has 2 saturated carbocycles. The smallest absolute Gasteiger partial charge is 0.308 e. The van der Waals surface area contributed by atoms with E-state index in [9.17, 15) is 14.0 Å². The van der Waals surface area contributed by atoms with Crippen molar-refractivity contribution in [1.29, 1.82) is 0 Å². The van der Waals surface area contributed by atoms with Crippen molar-refractivity contribution in [3.8, 4) is 5.75 Å². The highest BCUT2D eigenvalue weighted by Gasteiger charge is 2.55. The van der Waals surface area contributed by atoms with E-state index >= 15 is 0 Å². The van der Waals surface area contributed by atoms with E-state index in [2.05, 4.69) is 5.32 Å². The maximum absolute atomic E-state index is 13.7. The predicted octanol–water partition coefficient (Wildman–Crippen LogP) is 5.35. The summed E-state index contributed by atoms with van der Waals surface area (Å²) >= 11 is 3.05. The predicted molar refractivity (Wildman–Crippen MR) is 132 cm³/mol. The molecular formula is C26H25FN2O3S2. The molecule has 3 aromatic rings. The van der Waals surface area contributed by atoms with Crippen LogP contribution in [0.4, 0.5) is 10.1 Å². The molecule has 176 valence electrons. The van der Waals surface area contributed by atoms with Crippen LogP contribution in [0.15, 0.2) is 58.4 Å². The highest BCUT2D eigenvalue weighted by atomic mass is 32.2. The van der Waals surface area contributed by atoms with Gasteiger partial charge in [-0.2, -0.15) is 0 Å². The molecule has 2 aliphatic carbocycles. The molecule has 5 nitrogen and oxygen atoms in total. The van der Waals surface area contributed by atoms with Gasteiger partial charge in [-0.05, 0) is 79.0 Å². The van der Waals surface area contributed by atoms with E-state index in [0.717, 1.165) is 15.5 Å². The van der Waals surface area contributed by atoms with Crippen molar-refractivity contribution < 1.29 is 13.9 Å². The van der Waals surface area contributed by atoms with Gasteiger partial charge in [-0.15, -0.1) is 11.8 Å². The van der Waals surface area contributed by atoms with Crippen LogP contribution < -0.4 is 14.9 Å². The fourth-order valence-electron chi connectivity index (χ4n) is 6.15. The molecule has 3 aliphatic rings. The zero-order chi connectivity index (χ0) is 23.4. The van der Waals surface area contributed by atoms with Crippen LogP contribution >= 0.6 is 23.1 Å². The van der Waals surface area contributed by atoms with Crippen molar-refractivity contribution in [3.63, 3.8) is 0 Å². The molecule has 2 aromatic carbocycles. The first-order valence-electron chi connectivity index (χ1n) is 11.6. The van der Waals surface area contributed by atoms with E-state index in [0.29, 0.717) is 34.4 Å². The Morgan fingerprint density at radius 1 is 1.12 bits per heavy atom. The van der Waals surface area contributed by atoms with Gasteiger partial charge < -0.3 is 10.1 Å². The highest BCUT2D eigenvalue weighted by Crippen LogP contribution is 2.64. The minimum absolute atomic E-state index is 0.0225. The molecule has 0 unspecified atom stereocenters. The van der Waals surface area contributed by atoms with E-state index in [1.807, 2.05) is 12.1 Å². The third-order valence-electron chi connectivity index (χ3n) is 7.60. The van der Waals surface area contributed by atoms with Crippen LogP contribution in [-0.4, -0.2) is 22.8 Å². The number of anilines is 1. The number of aromatic nitrogens is 1. The highest BCUT2D eigenvalue weighted by molar-refractivity contribution is 8.00. The number of thioether (sulfide) groups is 1. The molecule has 0 saturated heterocycles. The van der Waals surface area contributed by atoms with Crippen LogP contribution in [0.3, 0.4) is 0 Å². The van der Waals surface area contributed by atoms with Gasteiger partial charge in [0.05, 0.1) is 12.1 Å². The first-order chi connectivity index (χ1) is 16.5. The number of benzene rings is 2. The zero-order valence-electron chi connectivity index (χ0n) is 18.7. The molecule has 1 amide bonds. The first kappa shape index (κ1) is 21.9. The minimum atomic E-state index is -0.250. The van der Waals surface area contributed by atoms with E-state index < -0.39 is 0 Å². The monoisotopic (exact) mass is 496 g/mol. The van der Waals surface area contributed by atoms with Gasteiger partial charge in [0.15, 0.2) is 0 Å². The Labute approximate surface area is 205 Å². The summed E-state index contributed by atoms with van der Waals surface area (Å²) < 4.78 is 20.5. The standard InChI is InChI=1S/C26H25FN2O3S2/c1-32-19-10-8-18(9-11-19)28-20(30)13-29-25-24(34-26(29)31)21(14-4-6-17(27)7-5-14)22-15-2-3-16(12-15)23(22)33-25/h4-11,15-16,21-23H,2-3,12-13H2,1H3,(H,28,30)/t15-,16-,21-,22-,23+/m0/s1. The van der Waals surface area contributed by atoms with Gasteiger partial charge >= 0.3 is 4.87 Å². The second-order valence-corrected chi connectivity index (χ2v) is 11.6. The number of fused-ring (bicyclic) bond motifs is 6. The molecule has 5 atom stereocenters. The second kappa shape index (κ2) is 8.57. The number of carbonyl (C=O) groups is 1. The summed E-state index contributed by atoms with van der Waals surface area (Å²) in [6, 6.07) is 13.9. The van der Waals surface area contributed by atoms with Crippen LogP contribution in [0.25, 0.3) is 0 Å². The van der Waals surface area contributed by atoms with Gasteiger partial charge in [0.25, 0.3) is 0 Å². The molecule has 1 N–H and O–H groups in total. The third-order valence-corrected chi connectivity index (χ3v) is 10.4. The number of thiazole rings is 1. The molecule has 0 spiro atoms. The quantitative estimate of drug-likeness (QED) is 0.517. The number of carbonyl (C=O) groups excluding carboxylic acids is 1. The van der Waals surface area contributed by atoms with Gasteiger partial charge in [-0.1, -0.05) is 23.5 Å². The number of halogens is 1. The lowest BCUT2D eigenvalue weighted by molar-refractivity contribution is -0.116. The van der Waals surface area contributed by atoms with Crippen molar-refractivity contribution in [2.75, 3.05) is 12.4 Å². The number of methoxy groups -OCH3 is 1. The van der Waals surface area contributed by atoms with Crippen molar-refractivity contribution in [1.82, 2.24) is 4.57 Å². The zero-order valence-corrected chi connectivity index (χ0v) is 20.3. The number of nitrogens with zero attached hydrogens (tertiary/aromatic N) is 1. The van der Waals surface area contributed by atoms with E-state index in [-0.39, 0.29) is 29.1 Å². The fraction of sp³-hybridized carbons (Fsp3) is 0.385. The number of rotatable bonds is 5. The molecular weight excluding hydrogens is 471 g/mol. The maximum Gasteiger partial charge on any atom is 0.308 e. The first-order valence-corrected chi connectivity index (χ1v) is 13.3. The lowest BCUT2D eigenvalue weighted by atomic mass is 9.75. The van der Waals surface area contributed by atoms with Crippen LogP contribution in [0.1, 0.15) is 35.6 Å². The summed E-state index contributed by atoms with van der Waals surface area (Å²) in [5.74, 6) is 2.07. The van der Waals surface area contributed by atoms with Gasteiger partial charge in [0.1, 0.15) is 18.1 Å². The van der Waals surface area contributed by atoms with Crippen molar-refractivity contribution in [2.45, 2.75) is 42.0 Å². The average molecular weight is 497 g/mol. The average Bonchev–Trinajstić information content (AvgIpc) is 3.53. The summed E-state index contributed by atoms with van der Waals surface area (Å²) in [4.78, 5) is 26.9. The number of amides is 1. The van der Waals surface area contributed by atoms with Gasteiger partial charge in [0, 0.05) is 21.7 Å². The van der Waals surface area contributed by atoms with Crippen LogP contribution in [0.5, 0.6) is 5.75 Å². The summed E-state index contributed by atoms with van der Waals surface area (Å²) in [6.07, 6.45) is 3.70. The normalized spacial score (nSPS) is 26.7. The Morgan fingerprint density at radius 3 is 2.59 bits per heavy atom. The summed E-state index contributed by atoms with van der Waals surface area (Å²) in [5.41, 5.74) is 1.73. The summed E-state index contributed by atoms with van der Waals surface area (Å²) in [6.45, 7) is -0.0225. The van der Waals surface area contributed by atoms with Crippen LogP contribution in [0.2, 0.25) is 0 Å². The molecule has 2 fully saturated rings. The summed E-state index contributed by atoms with van der Waals surface area (Å²) in [7, 11) is 1.59. The van der Waals surface area contributed by atoms with Gasteiger partial charge in [-0.25, -0.2) is 4.39 Å². The number of nitrogens with one attached hydrogen (secondary N) is 1. The minimum Gasteiger partial charge on any atom is -0.497 e. The lowest BCUT2D eigenvalue weighted by Gasteiger charge is -2.40. The molecule has 2 bridgehead atoms. The fourth-order valence-corrected chi connectivity index (χ4v) is 9.30. The van der Waals surface area contributed by atoms with Crippen LogP contribution in [0, 0.1) is 23.6 Å². The Balaban J connectivity index is 1.33. The van der Waals surface area contributed by atoms with E-state index in [1.54, 1.807) is 47.7 Å². The van der Waals surface area contributed by atoms with Crippen molar-refractivity contribution >= 4 is 34.7 Å². The van der Waals surface area contributed by atoms with E-state index in [1.165, 1.54) is 42.7 Å². The Hall–Kier alpha value is -2.58. The second-order valence-electron chi connectivity index (χ2n) is 9.42. The number of ether oxygens (including phenoxy) is 1. The SMILES string of the molecule is COc1ccc(NC(=O)Cn2c3c(sc2=O)[C@@H](c2ccc(F)cc2)[C@@H]2[C@H]4CC[C@@H](C4)[C@H]2S3)cc1. The van der Waals surface area contributed by atoms with Crippen molar-refractivity contribution in [2.24, 2.45) is 17.8 Å². The molecule has 8 heteroatoms. The Kier molecular flexibility index (Phi) is 5.53. The molecule has 2 heterocycles. The van der Waals surface area contributed by atoms with Gasteiger partial charge in [0.2, 0.25) is 5.91 Å². The molecule has 6 rings (SSSR count). The Morgan fingerprint density at radius 2 is 1.85 bits per heavy atom. The Bertz CT molecular complexity index is 1280. The maximum atomic E-state index is 13.7. The lowest BCUT2D eigenvalue weighted by Crippen LogP contribution is -2.34. The molecule has 1 aliphatic heterocycles. The number of hydrogen-bond donors (Lipinski definition) is 1. The van der Waals surface area contributed by atoms with Crippen LogP contribution in [-0.2, 0) is 11.3 Å². The molecule has 1 aromatic heterocycles. The van der Waals surface area contributed by atoms with E-state index in [4.69, 9.17) is 4.74 Å². The van der Waals surface area contributed by atoms with Gasteiger partial charge in [-0.3, -0.25) is 14.2 Å². The number of hydrogen-bond acceptors (Lipinski definition) is 5. The largest absolute Gasteiger partial charge is 0.497 e.